The van der Waals surface area contributed by atoms with E-state index in [0.29, 0.717) is 18.1 Å². The zero-order valence-corrected chi connectivity index (χ0v) is 14.4. The zero-order valence-electron chi connectivity index (χ0n) is 13.7. The van der Waals surface area contributed by atoms with Gasteiger partial charge in [0, 0.05) is 24.2 Å². The maximum atomic E-state index is 12.2. The Balaban J connectivity index is 1.51. The lowest BCUT2D eigenvalue weighted by atomic mass is 10.00. The van der Waals surface area contributed by atoms with E-state index in [2.05, 4.69) is 6.07 Å². The molecule has 3 rings (SSSR count). The Morgan fingerprint density at radius 3 is 2.60 bits per heavy atom. The summed E-state index contributed by atoms with van der Waals surface area (Å²) in [5.41, 5.74) is 3.14. The second-order valence-corrected chi connectivity index (χ2v) is 6.20. The molecule has 128 valence electrons. The van der Waals surface area contributed by atoms with Crippen molar-refractivity contribution in [3.05, 3.63) is 76.3 Å². The van der Waals surface area contributed by atoms with Crippen LogP contribution in [0.2, 0.25) is 5.02 Å². The number of hydrogen-bond acceptors (Lipinski definition) is 3. The molecular weight excluding hydrogens is 338 g/mol. The van der Waals surface area contributed by atoms with Gasteiger partial charge in [0.2, 0.25) is 0 Å². The number of carbonyl (C=O) groups excluding carboxylic acids is 2. The molecule has 0 saturated heterocycles. The minimum Gasteiger partial charge on any atom is -0.452 e. The van der Waals surface area contributed by atoms with Crippen molar-refractivity contribution in [2.45, 2.75) is 13.0 Å². The molecule has 0 aliphatic carbocycles. The number of amides is 1. The van der Waals surface area contributed by atoms with E-state index in [9.17, 15) is 9.59 Å². The van der Waals surface area contributed by atoms with Gasteiger partial charge in [-0.05, 0) is 35.3 Å². The second-order valence-electron chi connectivity index (χ2n) is 5.80. The third-order valence-corrected chi connectivity index (χ3v) is 4.47. The van der Waals surface area contributed by atoms with Crippen molar-refractivity contribution in [1.29, 1.82) is 0 Å². The molecule has 0 aromatic heterocycles. The fourth-order valence-electron chi connectivity index (χ4n) is 2.75. The maximum Gasteiger partial charge on any atom is 0.331 e. The Bertz CT molecular complexity index is 816. The van der Waals surface area contributed by atoms with Gasteiger partial charge in [-0.25, -0.2) is 4.79 Å². The van der Waals surface area contributed by atoms with Crippen LogP contribution in [0, 0.1) is 0 Å². The van der Waals surface area contributed by atoms with Gasteiger partial charge >= 0.3 is 5.97 Å². The van der Waals surface area contributed by atoms with Gasteiger partial charge in [-0.1, -0.05) is 54.1 Å². The van der Waals surface area contributed by atoms with Gasteiger partial charge < -0.3 is 9.64 Å². The summed E-state index contributed by atoms with van der Waals surface area (Å²) in [7, 11) is 0. The number of nitrogens with zero attached hydrogens (tertiary/aromatic N) is 1. The van der Waals surface area contributed by atoms with Crippen molar-refractivity contribution < 1.29 is 14.3 Å². The SMILES string of the molecule is O=C(/C=C/c1ccccc1Cl)OCC(=O)N1CCc2ccccc2C1. The molecule has 0 fully saturated rings. The molecule has 1 aliphatic heterocycles. The summed E-state index contributed by atoms with van der Waals surface area (Å²) in [4.78, 5) is 25.8. The summed E-state index contributed by atoms with van der Waals surface area (Å²) in [6.45, 7) is 0.943. The minimum atomic E-state index is -0.564. The molecule has 0 radical (unpaired) electrons. The summed E-state index contributed by atoms with van der Waals surface area (Å²) in [5.74, 6) is -0.750. The van der Waals surface area contributed by atoms with Crippen LogP contribution in [0.4, 0.5) is 0 Å². The fraction of sp³-hybridized carbons (Fsp3) is 0.200. The van der Waals surface area contributed by atoms with Crippen molar-refractivity contribution >= 4 is 29.6 Å². The summed E-state index contributed by atoms with van der Waals surface area (Å²) >= 11 is 6.01. The molecule has 0 bridgehead atoms. The molecule has 2 aromatic carbocycles. The Morgan fingerprint density at radius 2 is 1.80 bits per heavy atom. The second kappa shape index (κ2) is 7.99. The first-order valence-electron chi connectivity index (χ1n) is 8.07. The van der Waals surface area contributed by atoms with Crippen molar-refractivity contribution in [3.63, 3.8) is 0 Å². The van der Waals surface area contributed by atoms with Crippen LogP contribution in [-0.2, 0) is 27.3 Å². The average molecular weight is 356 g/mol. The number of carbonyl (C=O) groups is 2. The lowest BCUT2D eigenvalue weighted by Crippen LogP contribution is -2.38. The zero-order chi connectivity index (χ0) is 17.6. The van der Waals surface area contributed by atoms with Crippen molar-refractivity contribution in [2.24, 2.45) is 0 Å². The van der Waals surface area contributed by atoms with E-state index in [0.717, 1.165) is 17.5 Å². The first kappa shape index (κ1) is 17.2. The number of hydrogen-bond donors (Lipinski definition) is 0. The molecule has 1 aliphatic rings. The number of ether oxygens (including phenoxy) is 1. The molecule has 2 aromatic rings. The molecule has 0 saturated carbocycles. The molecule has 25 heavy (non-hydrogen) atoms. The van der Waals surface area contributed by atoms with E-state index in [-0.39, 0.29) is 12.5 Å². The van der Waals surface area contributed by atoms with E-state index >= 15 is 0 Å². The number of rotatable bonds is 4. The first-order chi connectivity index (χ1) is 12.1. The van der Waals surface area contributed by atoms with Gasteiger partial charge in [0.1, 0.15) is 0 Å². The molecule has 5 heteroatoms. The highest BCUT2D eigenvalue weighted by Crippen LogP contribution is 2.19. The molecule has 0 spiro atoms. The lowest BCUT2D eigenvalue weighted by Gasteiger charge is -2.28. The predicted molar refractivity (Wildman–Crippen MR) is 97.0 cm³/mol. The molecule has 1 amide bonds. The van der Waals surface area contributed by atoms with E-state index < -0.39 is 5.97 Å². The molecule has 1 heterocycles. The van der Waals surface area contributed by atoms with Crippen LogP contribution in [0.25, 0.3) is 6.08 Å². The van der Waals surface area contributed by atoms with E-state index in [4.69, 9.17) is 16.3 Å². The van der Waals surface area contributed by atoms with Crippen LogP contribution in [0.3, 0.4) is 0 Å². The number of fused-ring (bicyclic) bond motifs is 1. The van der Waals surface area contributed by atoms with E-state index in [1.807, 2.05) is 30.3 Å². The number of esters is 1. The fourth-order valence-corrected chi connectivity index (χ4v) is 2.95. The normalized spacial score (nSPS) is 13.6. The molecule has 0 N–H and O–H groups in total. The van der Waals surface area contributed by atoms with Crippen LogP contribution in [0.15, 0.2) is 54.6 Å². The van der Waals surface area contributed by atoms with E-state index in [1.165, 1.54) is 11.6 Å². The molecule has 4 nitrogen and oxygen atoms in total. The third-order valence-electron chi connectivity index (χ3n) is 4.13. The molecule has 0 atom stereocenters. The van der Waals surface area contributed by atoms with Crippen LogP contribution < -0.4 is 0 Å². The van der Waals surface area contributed by atoms with Crippen molar-refractivity contribution in [1.82, 2.24) is 4.90 Å². The standard InChI is InChI=1S/C20H18ClNO3/c21-18-8-4-3-6-16(18)9-10-20(24)25-14-19(23)22-12-11-15-5-1-2-7-17(15)13-22/h1-10H,11-14H2/b10-9+. The summed E-state index contributed by atoms with van der Waals surface area (Å²) < 4.78 is 5.05. The maximum absolute atomic E-state index is 12.2. The molecule has 0 unspecified atom stereocenters. The minimum absolute atomic E-state index is 0.186. The predicted octanol–water partition coefficient (Wildman–Crippen LogP) is 3.48. The largest absolute Gasteiger partial charge is 0.452 e. The Labute approximate surface area is 151 Å². The van der Waals surface area contributed by atoms with Crippen molar-refractivity contribution in [2.75, 3.05) is 13.2 Å². The summed E-state index contributed by atoms with van der Waals surface area (Å²) in [6.07, 6.45) is 3.68. The highest BCUT2D eigenvalue weighted by atomic mass is 35.5. The topological polar surface area (TPSA) is 46.6 Å². The number of halogens is 1. The quantitative estimate of drug-likeness (QED) is 0.623. The highest BCUT2D eigenvalue weighted by Gasteiger charge is 2.20. The van der Waals surface area contributed by atoms with Crippen molar-refractivity contribution in [3.8, 4) is 0 Å². The Morgan fingerprint density at radius 1 is 1.08 bits per heavy atom. The molecular formula is C20H18ClNO3. The van der Waals surface area contributed by atoms with Gasteiger partial charge in [-0.3, -0.25) is 4.79 Å². The monoisotopic (exact) mass is 355 g/mol. The van der Waals surface area contributed by atoms with Gasteiger partial charge in [0.25, 0.3) is 5.91 Å². The van der Waals surface area contributed by atoms with E-state index in [1.54, 1.807) is 23.1 Å². The lowest BCUT2D eigenvalue weighted by molar-refractivity contribution is -0.148. The smallest absolute Gasteiger partial charge is 0.331 e. The first-order valence-corrected chi connectivity index (χ1v) is 8.45. The van der Waals surface area contributed by atoms with Crippen LogP contribution in [0.1, 0.15) is 16.7 Å². The summed E-state index contributed by atoms with van der Waals surface area (Å²) in [6, 6.07) is 15.2. The van der Waals surface area contributed by atoms with Crippen LogP contribution in [-0.4, -0.2) is 29.9 Å². The van der Waals surface area contributed by atoms with Crippen LogP contribution in [0.5, 0.6) is 0 Å². The Kier molecular flexibility index (Phi) is 5.51. The average Bonchev–Trinajstić information content (AvgIpc) is 2.65. The van der Waals surface area contributed by atoms with Gasteiger partial charge in [0.15, 0.2) is 6.61 Å². The van der Waals surface area contributed by atoms with Gasteiger partial charge in [0.05, 0.1) is 0 Å². The summed E-state index contributed by atoms with van der Waals surface area (Å²) in [5, 5.41) is 0.551. The highest BCUT2D eigenvalue weighted by molar-refractivity contribution is 6.32. The van der Waals surface area contributed by atoms with Crippen LogP contribution >= 0.6 is 11.6 Å². The Hall–Kier alpha value is -2.59. The van der Waals surface area contributed by atoms with Gasteiger partial charge in [-0.2, -0.15) is 0 Å². The number of benzene rings is 2. The van der Waals surface area contributed by atoms with Gasteiger partial charge in [-0.15, -0.1) is 0 Å². The third kappa shape index (κ3) is 4.48.